The molecule has 0 aliphatic rings. The van der Waals surface area contributed by atoms with Crippen molar-refractivity contribution in [2.24, 2.45) is 0 Å². The van der Waals surface area contributed by atoms with Crippen LogP contribution >= 0.6 is 0 Å². The van der Waals surface area contributed by atoms with Crippen LogP contribution in [0.2, 0.25) is 0 Å². The summed E-state index contributed by atoms with van der Waals surface area (Å²) in [5, 5.41) is 0. The van der Waals surface area contributed by atoms with Crippen molar-refractivity contribution in [2.45, 2.75) is 13.8 Å². The highest BCUT2D eigenvalue weighted by Gasteiger charge is 2.15. The Bertz CT molecular complexity index is 362. The van der Waals surface area contributed by atoms with Crippen LogP contribution in [-0.4, -0.2) is 63.1 Å². The van der Waals surface area contributed by atoms with Crippen LogP contribution in [0.3, 0.4) is 0 Å². The lowest BCUT2D eigenvalue weighted by Crippen LogP contribution is -2.34. The molecule has 0 atom stereocenters. The van der Waals surface area contributed by atoms with Gasteiger partial charge in [0.15, 0.2) is 0 Å². The van der Waals surface area contributed by atoms with Crippen LogP contribution in [0.25, 0.3) is 0 Å². The zero-order chi connectivity index (χ0) is 14.9. The lowest BCUT2D eigenvalue weighted by molar-refractivity contribution is -0.129. The molecule has 8 heteroatoms. The highest BCUT2D eigenvalue weighted by molar-refractivity contribution is 7.80. The molecule has 0 saturated carbocycles. The topological polar surface area (TPSA) is 87.1 Å². The maximum absolute atomic E-state index is 11.3. The van der Waals surface area contributed by atoms with E-state index in [1.165, 1.54) is 6.92 Å². The molecule has 1 amide bonds. The predicted octanol–water partition coefficient (Wildman–Crippen LogP) is 0.366. The molecule has 0 spiro atoms. The van der Waals surface area contributed by atoms with Gasteiger partial charge < -0.3 is 9.80 Å². The molecular formula is C10H22N2O5S. The molecule has 108 valence electrons. The fraction of sp³-hybridized carbons (Fsp3) is 0.700. The van der Waals surface area contributed by atoms with Crippen molar-refractivity contribution in [1.29, 1.82) is 0 Å². The van der Waals surface area contributed by atoms with Crippen LogP contribution in [0.5, 0.6) is 0 Å². The Kier molecular flexibility index (Phi) is 9.73. The van der Waals surface area contributed by atoms with Crippen LogP contribution in [0, 0.1) is 0 Å². The number of likely N-dealkylation sites (N-methyl/N-ethyl adjacent to an activating group) is 1. The van der Waals surface area contributed by atoms with Crippen molar-refractivity contribution < 1.29 is 21.9 Å². The third kappa shape index (κ3) is 13.1. The average molecular weight is 282 g/mol. The second-order valence-electron chi connectivity index (χ2n) is 3.96. The normalized spacial score (nSPS) is 10.6. The Labute approximate surface area is 109 Å². The van der Waals surface area contributed by atoms with Crippen molar-refractivity contribution in [3.63, 3.8) is 0 Å². The Hall–Kier alpha value is -0.960. The van der Waals surface area contributed by atoms with E-state index in [-0.39, 0.29) is 12.1 Å². The minimum atomic E-state index is -4.51. The Morgan fingerprint density at radius 1 is 1.33 bits per heavy atom. The number of hydrogen-bond acceptors (Lipinski definition) is 5. The van der Waals surface area contributed by atoms with E-state index in [2.05, 4.69) is 10.8 Å². The number of carbonyl (C=O) groups is 1. The van der Waals surface area contributed by atoms with Crippen molar-refractivity contribution in [3.05, 3.63) is 12.2 Å². The Morgan fingerprint density at radius 2 is 1.72 bits per heavy atom. The Balaban J connectivity index is 0. The first-order valence-corrected chi connectivity index (χ1v) is 6.55. The number of rotatable bonds is 5. The zero-order valence-corrected chi connectivity index (χ0v) is 12.3. The van der Waals surface area contributed by atoms with Crippen molar-refractivity contribution in [1.82, 2.24) is 9.80 Å². The summed E-state index contributed by atoms with van der Waals surface area (Å²) in [6.07, 6.45) is 0. The summed E-state index contributed by atoms with van der Waals surface area (Å²) in [5.74, 6) is -0.420. The quantitative estimate of drug-likeness (QED) is 0.445. The van der Waals surface area contributed by atoms with Gasteiger partial charge in [0.1, 0.15) is 6.73 Å². The minimum Gasteiger partial charge on any atom is -0.315 e. The van der Waals surface area contributed by atoms with Crippen molar-refractivity contribution in [3.8, 4) is 0 Å². The fourth-order valence-corrected chi connectivity index (χ4v) is 0.954. The average Bonchev–Trinajstić information content (AvgIpc) is 2.15. The molecule has 0 unspecified atom stereocenters. The highest BCUT2D eigenvalue weighted by Crippen LogP contribution is 2.00. The van der Waals surface area contributed by atoms with Gasteiger partial charge >= 0.3 is 10.4 Å². The highest BCUT2D eigenvalue weighted by atomic mass is 32.3. The third-order valence-electron chi connectivity index (χ3n) is 1.39. The van der Waals surface area contributed by atoms with Crippen LogP contribution in [0.15, 0.2) is 12.2 Å². The van der Waals surface area contributed by atoms with Crippen LogP contribution in [0.1, 0.15) is 13.8 Å². The predicted molar refractivity (Wildman–Crippen MR) is 69.3 cm³/mol. The lowest BCUT2D eigenvalue weighted by Gasteiger charge is -2.19. The van der Waals surface area contributed by atoms with E-state index >= 15 is 0 Å². The van der Waals surface area contributed by atoms with Gasteiger partial charge in [-0.1, -0.05) is 6.58 Å². The SMILES string of the molecule is C=C(C)C(=O)N(CC)COS(=O)(=O)O.CN(C)C. The van der Waals surface area contributed by atoms with E-state index in [1.807, 2.05) is 26.0 Å². The molecule has 0 aromatic heterocycles. The molecule has 0 bridgehead atoms. The molecule has 1 N–H and O–H groups in total. The molecule has 0 fully saturated rings. The smallest absolute Gasteiger partial charge is 0.315 e. The molecule has 18 heavy (non-hydrogen) atoms. The van der Waals surface area contributed by atoms with Crippen LogP contribution in [-0.2, 0) is 19.4 Å². The maximum atomic E-state index is 11.3. The standard InChI is InChI=1S/C7H13NO5S.C3H9N/c1-4-8(7(9)6(2)3)5-13-14(10,11)12;1-4(2)3/h2,4-5H2,1,3H3,(H,10,11,12);1-3H3. The van der Waals surface area contributed by atoms with Gasteiger partial charge in [-0.15, -0.1) is 0 Å². The van der Waals surface area contributed by atoms with Gasteiger partial charge in [0.25, 0.3) is 5.91 Å². The minimum absolute atomic E-state index is 0.265. The zero-order valence-electron chi connectivity index (χ0n) is 11.5. The molecule has 0 aliphatic carbocycles. The van der Waals surface area contributed by atoms with Gasteiger partial charge in [0, 0.05) is 12.1 Å². The number of amides is 1. The van der Waals surface area contributed by atoms with E-state index in [9.17, 15) is 13.2 Å². The van der Waals surface area contributed by atoms with Gasteiger partial charge in [0.2, 0.25) is 0 Å². The molecule has 0 aliphatic heterocycles. The summed E-state index contributed by atoms with van der Waals surface area (Å²) in [7, 11) is 1.49. The largest absolute Gasteiger partial charge is 0.399 e. The van der Waals surface area contributed by atoms with Crippen LogP contribution < -0.4 is 0 Å². The van der Waals surface area contributed by atoms with E-state index in [1.54, 1.807) is 6.92 Å². The van der Waals surface area contributed by atoms with E-state index in [4.69, 9.17) is 4.55 Å². The van der Waals surface area contributed by atoms with Gasteiger partial charge in [0.05, 0.1) is 0 Å². The van der Waals surface area contributed by atoms with Crippen LogP contribution in [0.4, 0.5) is 0 Å². The first kappa shape index (κ1) is 19.4. The third-order valence-corrected chi connectivity index (χ3v) is 1.79. The van der Waals surface area contributed by atoms with Crippen molar-refractivity contribution in [2.75, 3.05) is 34.4 Å². The molecule has 0 saturated heterocycles. The molecule has 0 aromatic rings. The summed E-state index contributed by atoms with van der Waals surface area (Å²) < 4.78 is 32.8. The van der Waals surface area contributed by atoms with Gasteiger partial charge in [-0.3, -0.25) is 9.35 Å². The molecule has 0 aromatic carbocycles. The Morgan fingerprint density at radius 3 is 1.94 bits per heavy atom. The molecule has 0 heterocycles. The van der Waals surface area contributed by atoms with Crippen molar-refractivity contribution >= 4 is 16.3 Å². The summed E-state index contributed by atoms with van der Waals surface area (Å²) in [5.41, 5.74) is 0.269. The van der Waals surface area contributed by atoms with E-state index in [0.29, 0.717) is 0 Å². The summed E-state index contributed by atoms with van der Waals surface area (Å²) >= 11 is 0. The lowest BCUT2D eigenvalue weighted by atomic mass is 10.3. The second-order valence-corrected chi connectivity index (χ2v) is 5.05. The summed E-state index contributed by atoms with van der Waals surface area (Å²) in [6.45, 7) is 6.31. The molecule has 0 rings (SSSR count). The van der Waals surface area contributed by atoms with Gasteiger partial charge in [-0.05, 0) is 35.0 Å². The fourth-order valence-electron chi connectivity index (χ4n) is 0.694. The van der Waals surface area contributed by atoms with E-state index in [0.717, 1.165) is 4.90 Å². The van der Waals surface area contributed by atoms with Gasteiger partial charge in [-0.25, -0.2) is 4.18 Å². The first-order valence-electron chi connectivity index (χ1n) is 5.18. The molecule has 7 nitrogen and oxygen atoms in total. The monoisotopic (exact) mass is 282 g/mol. The van der Waals surface area contributed by atoms with E-state index < -0.39 is 23.0 Å². The second kappa shape index (κ2) is 9.03. The molecule has 0 radical (unpaired) electrons. The summed E-state index contributed by atoms with van der Waals surface area (Å²) in [4.78, 5) is 14.4. The number of hydrogen-bond donors (Lipinski definition) is 1. The maximum Gasteiger partial charge on any atom is 0.399 e. The molecular weight excluding hydrogens is 260 g/mol. The number of nitrogens with zero attached hydrogens (tertiary/aromatic N) is 2. The van der Waals surface area contributed by atoms with Gasteiger partial charge in [-0.2, -0.15) is 8.42 Å². The number of carbonyl (C=O) groups excluding carboxylic acids is 1. The first-order chi connectivity index (χ1) is 8.01. The summed E-state index contributed by atoms with van der Waals surface area (Å²) in [6, 6.07) is 0.